The normalized spacial score (nSPS) is 11.8. The van der Waals surface area contributed by atoms with E-state index in [4.69, 9.17) is 0 Å². The van der Waals surface area contributed by atoms with Gasteiger partial charge in [0.25, 0.3) is 5.91 Å². The fraction of sp³-hybridized carbons (Fsp3) is 0.357. The van der Waals surface area contributed by atoms with Crippen LogP contribution in [-0.4, -0.2) is 38.2 Å². The van der Waals surface area contributed by atoms with E-state index >= 15 is 0 Å². The third kappa shape index (κ3) is 4.83. The molecule has 3 amide bonds. The van der Waals surface area contributed by atoms with Gasteiger partial charge in [0.05, 0.1) is 0 Å². The molecule has 1 aromatic carbocycles. The molecule has 9 heteroatoms. The molecule has 8 nitrogen and oxygen atoms in total. The number of amides is 3. The Balaban J connectivity index is 1.92. The van der Waals surface area contributed by atoms with Gasteiger partial charge in [-0.1, -0.05) is 6.92 Å². The van der Waals surface area contributed by atoms with Crippen LogP contribution in [0.1, 0.15) is 20.3 Å². The second kappa shape index (κ2) is 7.43. The highest BCUT2D eigenvalue weighted by molar-refractivity contribution is 5.94. The standard InChI is InChI=1S/C14H17FN6O2/c1-3-9(2)16-14(23)17-12(22)8-21-19-13(18-20-21)10-4-6-11(15)7-5-10/h4-7,9H,3,8H2,1-2H3,(H2,16,17,22,23)/t9-/m0/s1. The lowest BCUT2D eigenvalue weighted by atomic mass is 10.2. The first kappa shape index (κ1) is 16.5. The van der Waals surface area contributed by atoms with Gasteiger partial charge in [0.1, 0.15) is 12.4 Å². The molecule has 1 atom stereocenters. The summed E-state index contributed by atoms with van der Waals surface area (Å²) in [5, 5.41) is 16.3. The van der Waals surface area contributed by atoms with E-state index in [0.717, 1.165) is 11.2 Å². The predicted molar refractivity (Wildman–Crippen MR) is 79.6 cm³/mol. The number of rotatable bonds is 5. The molecule has 122 valence electrons. The van der Waals surface area contributed by atoms with Gasteiger partial charge in [-0.05, 0) is 42.8 Å². The maximum atomic E-state index is 12.9. The van der Waals surface area contributed by atoms with E-state index in [-0.39, 0.29) is 24.2 Å². The molecule has 0 bridgehead atoms. The van der Waals surface area contributed by atoms with Crippen molar-refractivity contribution in [3.8, 4) is 11.4 Å². The fourth-order valence-corrected chi connectivity index (χ4v) is 1.68. The average Bonchev–Trinajstić information content (AvgIpc) is 2.95. The summed E-state index contributed by atoms with van der Waals surface area (Å²) in [6.07, 6.45) is 0.757. The molecule has 0 fully saturated rings. The van der Waals surface area contributed by atoms with Crippen LogP contribution < -0.4 is 10.6 Å². The van der Waals surface area contributed by atoms with Crippen molar-refractivity contribution in [1.29, 1.82) is 0 Å². The summed E-state index contributed by atoms with van der Waals surface area (Å²) in [7, 11) is 0. The third-order valence-electron chi connectivity index (χ3n) is 3.08. The van der Waals surface area contributed by atoms with Crippen molar-refractivity contribution in [3.63, 3.8) is 0 Å². The Morgan fingerprint density at radius 1 is 1.30 bits per heavy atom. The maximum absolute atomic E-state index is 12.9. The van der Waals surface area contributed by atoms with Crippen LogP contribution >= 0.6 is 0 Å². The minimum atomic E-state index is -0.566. The van der Waals surface area contributed by atoms with E-state index in [2.05, 4.69) is 26.0 Å². The minimum absolute atomic E-state index is 0.0302. The first-order valence-electron chi connectivity index (χ1n) is 7.12. The van der Waals surface area contributed by atoms with E-state index in [1.807, 2.05) is 13.8 Å². The number of nitrogens with zero attached hydrogens (tertiary/aromatic N) is 4. The zero-order chi connectivity index (χ0) is 16.8. The van der Waals surface area contributed by atoms with Crippen molar-refractivity contribution in [1.82, 2.24) is 30.8 Å². The van der Waals surface area contributed by atoms with E-state index in [0.29, 0.717) is 5.56 Å². The van der Waals surface area contributed by atoms with Crippen LogP contribution in [0.2, 0.25) is 0 Å². The minimum Gasteiger partial charge on any atom is -0.335 e. The van der Waals surface area contributed by atoms with Crippen LogP contribution in [0.15, 0.2) is 24.3 Å². The molecular formula is C14H17FN6O2. The Labute approximate surface area is 132 Å². The molecule has 0 saturated heterocycles. The Hall–Kier alpha value is -2.84. The first-order valence-corrected chi connectivity index (χ1v) is 7.12. The molecule has 0 unspecified atom stereocenters. The van der Waals surface area contributed by atoms with Gasteiger partial charge in [0.2, 0.25) is 5.82 Å². The van der Waals surface area contributed by atoms with Crippen LogP contribution in [0.5, 0.6) is 0 Å². The van der Waals surface area contributed by atoms with Crippen LogP contribution in [0.4, 0.5) is 9.18 Å². The summed E-state index contributed by atoms with van der Waals surface area (Å²) in [5.41, 5.74) is 0.576. The molecule has 0 aliphatic rings. The molecule has 2 rings (SSSR count). The molecule has 1 heterocycles. The third-order valence-corrected chi connectivity index (χ3v) is 3.08. The number of aromatic nitrogens is 4. The zero-order valence-corrected chi connectivity index (χ0v) is 12.8. The molecule has 2 aromatic rings. The second-order valence-corrected chi connectivity index (χ2v) is 4.98. The summed E-state index contributed by atoms with van der Waals surface area (Å²) < 4.78 is 12.9. The molecule has 0 radical (unpaired) electrons. The van der Waals surface area contributed by atoms with E-state index in [1.54, 1.807) is 0 Å². The van der Waals surface area contributed by atoms with Gasteiger partial charge in [-0.2, -0.15) is 4.80 Å². The largest absolute Gasteiger partial charge is 0.335 e. The SMILES string of the molecule is CC[C@H](C)NC(=O)NC(=O)Cn1nnc(-c2ccc(F)cc2)n1. The van der Waals surface area contributed by atoms with Gasteiger partial charge < -0.3 is 5.32 Å². The Bertz CT molecular complexity index is 685. The lowest BCUT2D eigenvalue weighted by Crippen LogP contribution is -2.44. The quantitative estimate of drug-likeness (QED) is 0.859. The van der Waals surface area contributed by atoms with Crippen molar-refractivity contribution in [2.75, 3.05) is 0 Å². The predicted octanol–water partition coefficient (Wildman–Crippen LogP) is 1.10. The summed E-state index contributed by atoms with van der Waals surface area (Å²) >= 11 is 0. The van der Waals surface area contributed by atoms with Crippen molar-refractivity contribution < 1.29 is 14.0 Å². The topological polar surface area (TPSA) is 102 Å². The van der Waals surface area contributed by atoms with Crippen LogP contribution in [0, 0.1) is 5.82 Å². The van der Waals surface area contributed by atoms with Gasteiger partial charge in [-0.25, -0.2) is 9.18 Å². The van der Waals surface area contributed by atoms with Gasteiger partial charge in [0, 0.05) is 11.6 Å². The van der Waals surface area contributed by atoms with Crippen LogP contribution in [0.3, 0.4) is 0 Å². The number of hydrogen-bond acceptors (Lipinski definition) is 5. The molecule has 1 aromatic heterocycles. The van der Waals surface area contributed by atoms with Gasteiger partial charge in [-0.3, -0.25) is 10.1 Å². The number of halogens is 1. The smallest absolute Gasteiger partial charge is 0.321 e. The monoisotopic (exact) mass is 320 g/mol. The average molecular weight is 320 g/mol. The molecule has 0 aliphatic carbocycles. The lowest BCUT2D eigenvalue weighted by Gasteiger charge is -2.11. The zero-order valence-electron chi connectivity index (χ0n) is 12.8. The summed E-state index contributed by atoms with van der Waals surface area (Å²) in [6.45, 7) is 3.50. The van der Waals surface area contributed by atoms with E-state index in [1.165, 1.54) is 24.3 Å². The first-order chi connectivity index (χ1) is 11.0. The number of carbonyl (C=O) groups is 2. The summed E-state index contributed by atoms with van der Waals surface area (Å²) in [5.74, 6) is -0.663. The number of hydrogen-bond donors (Lipinski definition) is 2. The highest BCUT2D eigenvalue weighted by atomic mass is 19.1. The number of benzene rings is 1. The van der Waals surface area contributed by atoms with E-state index < -0.39 is 11.9 Å². The second-order valence-electron chi connectivity index (χ2n) is 4.98. The summed E-state index contributed by atoms with van der Waals surface area (Å²) in [4.78, 5) is 24.3. The maximum Gasteiger partial charge on any atom is 0.321 e. The number of carbonyl (C=O) groups excluding carboxylic acids is 2. The highest BCUT2D eigenvalue weighted by Gasteiger charge is 2.13. The lowest BCUT2D eigenvalue weighted by molar-refractivity contribution is -0.121. The molecule has 0 spiro atoms. The van der Waals surface area contributed by atoms with E-state index in [9.17, 15) is 14.0 Å². The van der Waals surface area contributed by atoms with Gasteiger partial charge in [-0.15, -0.1) is 10.2 Å². The molecular weight excluding hydrogens is 303 g/mol. The summed E-state index contributed by atoms with van der Waals surface area (Å²) in [6, 6.07) is 4.98. The number of tetrazole rings is 1. The number of imide groups is 1. The Morgan fingerprint density at radius 2 is 2.00 bits per heavy atom. The van der Waals surface area contributed by atoms with Gasteiger partial charge >= 0.3 is 6.03 Å². The van der Waals surface area contributed by atoms with Crippen molar-refractivity contribution >= 4 is 11.9 Å². The number of urea groups is 1. The highest BCUT2D eigenvalue weighted by Crippen LogP contribution is 2.13. The van der Waals surface area contributed by atoms with Crippen LogP contribution in [0.25, 0.3) is 11.4 Å². The molecule has 0 saturated carbocycles. The Morgan fingerprint density at radius 3 is 2.65 bits per heavy atom. The Kier molecular flexibility index (Phi) is 5.34. The van der Waals surface area contributed by atoms with Crippen molar-refractivity contribution in [2.45, 2.75) is 32.9 Å². The fourth-order valence-electron chi connectivity index (χ4n) is 1.68. The van der Waals surface area contributed by atoms with Crippen molar-refractivity contribution in [3.05, 3.63) is 30.1 Å². The molecule has 2 N–H and O–H groups in total. The molecule has 0 aliphatic heterocycles. The van der Waals surface area contributed by atoms with Crippen molar-refractivity contribution in [2.24, 2.45) is 0 Å². The molecule has 23 heavy (non-hydrogen) atoms. The number of nitrogens with one attached hydrogen (secondary N) is 2. The van der Waals surface area contributed by atoms with Gasteiger partial charge in [0.15, 0.2) is 0 Å². The van der Waals surface area contributed by atoms with Crippen LogP contribution in [-0.2, 0) is 11.3 Å².